The van der Waals surface area contributed by atoms with Gasteiger partial charge in [-0.3, -0.25) is 0 Å². The molecular formula is C26H33N3O6. The lowest BCUT2D eigenvalue weighted by Crippen LogP contribution is -2.50. The average Bonchev–Trinajstić information content (AvgIpc) is 3.14. The molecule has 9 heteroatoms. The molecule has 1 unspecified atom stereocenters. The first-order chi connectivity index (χ1) is 16.7. The van der Waals surface area contributed by atoms with E-state index in [1.54, 1.807) is 20.8 Å². The maximum absolute atomic E-state index is 12.2. The SMILES string of the molecule is COC(=O)C(CNCCNC(=O)OCC1c2ccccc2-c2ccccc21)NC(=O)OC(C)(C)C. The van der Waals surface area contributed by atoms with Gasteiger partial charge in [-0.1, -0.05) is 48.5 Å². The van der Waals surface area contributed by atoms with Crippen LogP contribution in [0.25, 0.3) is 11.1 Å². The van der Waals surface area contributed by atoms with Crippen molar-refractivity contribution in [3.8, 4) is 11.1 Å². The van der Waals surface area contributed by atoms with Crippen molar-refractivity contribution >= 4 is 18.2 Å². The summed E-state index contributed by atoms with van der Waals surface area (Å²) in [6, 6.07) is 15.4. The van der Waals surface area contributed by atoms with Crippen molar-refractivity contribution in [1.29, 1.82) is 0 Å². The summed E-state index contributed by atoms with van der Waals surface area (Å²) in [7, 11) is 1.24. The van der Waals surface area contributed by atoms with Crippen LogP contribution in [0, 0.1) is 0 Å². The van der Waals surface area contributed by atoms with Gasteiger partial charge in [0.1, 0.15) is 18.2 Å². The minimum Gasteiger partial charge on any atom is -0.467 e. The van der Waals surface area contributed by atoms with Gasteiger partial charge in [-0.25, -0.2) is 14.4 Å². The Morgan fingerprint density at radius 1 is 0.914 bits per heavy atom. The van der Waals surface area contributed by atoms with E-state index in [0.717, 1.165) is 11.1 Å². The van der Waals surface area contributed by atoms with Gasteiger partial charge in [-0.05, 0) is 43.0 Å². The lowest BCUT2D eigenvalue weighted by atomic mass is 9.98. The van der Waals surface area contributed by atoms with E-state index in [9.17, 15) is 14.4 Å². The second kappa shape index (κ2) is 11.7. The molecule has 1 aliphatic rings. The van der Waals surface area contributed by atoms with Crippen LogP contribution >= 0.6 is 0 Å². The number of carbonyl (C=O) groups is 3. The minimum atomic E-state index is -0.927. The zero-order valence-corrected chi connectivity index (χ0v) is 20.6. The number of benzene rings is 2. The molecule has 2 aromatic rings. The van der Waals surface area contributed by atoms with Gasteiger partial charge in [0, 0.05) is 25.6 Å². The lowest BCUT2D eigenvalue weighted by molar-refractivity contribution is -0.143. The number of fused-ring (bicyclic) bond motifs is 3. The van der Waals surface area contributed by atoms with Crippen molar-refractivity contribution in [1.82, 2.24) is 16.0 Å². The first-order valence-electron chi connectivity index (χ1n) is 11.6. The zero-order chi connectivity index (χ0) is 25.4. The highest BCUT2D eigenvalue weighted by Gasteiger charge is 2.29. The summed E-state index contributed by atoms with van der Waals surface area (Å²) in [4.78, 5) is 36.2. The normalized spacial score (nSPS) is 13.3. The highest BCUT2D eigenvalue weighted by molar-refractivity contribution is 5.81. The van der Waals surface area contributed by atoms with Crippen LogP contribution in [-0.2, 0) is 19.0 Å². The molecule has 0 spiro atoms. The van der Waals surface area contributed by atoms with Crippen molar-refractivity contribution in [2.75, 3.05) is 33.4 Å². The van der Waals surface area contributed by atoms with Gasteiger partial charge in [0.25, 0.3) is 0 Å². The van der Waals surface area contributed by atoms with Crippen LogP contribution < -0.4 is 16.0 Å². The molecule has 0 aromatic heterocycles. The van der Waals surface area contributed by atoms with Crippen LogP contribution in [0.15, 0.2) is 48.5 Å². The van der Waals surface area contributed by atoms with Crippen LogP contribution in [-0.4, -0.2) is 63.1 Å². The quantitative estimate of drug-likeness (QED) is 0.285. The van der Waals surface area contributed by atoms with Gasteiger partial charge >= 0.3 is 18.2 Å². The van der Waals surface area contributed by atoms with Gasteiger partial charge in [0.15, 0.2) is 0 Å². The number of amides is 2. The fourth-order valence-electron chi connectivity index (χ4n) is 3.93. The first-order valence-corrected chi connectivity index (χ1v) is 11.6. The summed E-state index contributed by atoms with van der Waals surface area (Å²) in [5.74, 6) is -0.612. The summed E-state index contributed by atoms with van der Waals surface area (Å²) >= 11 is 0. The maximum Gasteiger partial charge on any atom is 0.408 e. The number of rotatable bonds is 9. The molecule has 2 aromatic carbocycles. The lowest BCUT2D eigenvalue weighted by Gasteiger charge is -2.22. The van der Waals surface area contributed by atoms with Crippen LogP contribution in [0.5, 0.6) is 0 Å². The molecule has 0 aliphatic heterocycles. The summed E-state index contributed by atoms with van der Waals surface area (Å²) in [5.41, 5.74) is 3.94. The number of ether oxygens (including phenoxy) is 3. The Balaban J connectivity index is 1.41. The van der Waals surface area contributed by atoms with Crippen LogP contribution in [0.4, 0.5) is 9.59 Å². The molecule has 188 valence electrons. The van der Waals surface area contributed by atoms with Gasteiger partial charge in [-0.2, -0.15) is 0 Å². The second-order valence-electron chi connectivity index (χ2n) is 9.18. The Labute approximate surface area is 205 Å². The van der Waals surface area contributed by atoms with E-state index >= 15 is 0 Å². The number of esters is 1. The molecule has 9 nitrogen and oxygen atoms in total. The third-order valence-electron chi connectivity index (χ3n) is 5.44. The molecule has 3 rings (SSSR count). The number of hydrogen-bond acceptors (Lipinski definition) is 7. The number of carbonyl (C=O) groups excluding carboxylic acids is 3. The third kappa shape index (κ3) is 7.19. The first kappa shape index (κ1) is 26.0. The van der Waals surface area contributed by atoms with E-state index < -0.39 is 29.8 Å². The van der Waals surface area contributed by atoms with Crippen molar-refractivity contribution < 1.29 is 28.6 Å². The van der Waals surface area contributed by atoms with Crippen LogP contribution in [0.1, 0.15) is 37.8 Å². The molecule has 0 radical (unpaired) electrons. The van der Waals surface area contributed by atoms with Crippen molar-refractivity contribution in [2.45, 2.75) is 38.3 Å². The number of hydrogen-bond donors (Lipinski definition) is 3. The fourth-order valence-corrected chi connectivity index (χ4v) is 3.93. The Morgan fingerprint density at radius 3 is 2.09 bits per heavy atom. The topological polar surface area (TPSA) is 115 Å². The monoisotopic (exact) mass is 483 g/mol. The number of alkyl carbamates (subject to hydrolysis) is 2. The Kier molecular flexibility index (Phi) is 8.70. The molecular weight excluding hydrogens is 450 g/mol. The fraction of sp³-hybridized carbons (Fsp3) is 0.423. The van der Waals surface area contributed by atoms with Crippen molar-refractivity contribution in [3.63, 3.8) is 0 Å². The third-order valence-corrected chi connectivity index (χ3v) is 5.44. The summed E-state index contributed by atoms with van der Waals surface area (Å²) in [6.07, 6.45) is -1.24. The minimum absolute atomic E-state index is 0.00832. The smallest absolute Gasteiger partial charge is 0.408 e. The largest absolute Gasteiger partial charge is 0.467 e. The summed E-state index contributed by atoms with van der Waals surface area (Å²) < 4.78 is 15.4. The van der Waals surface area contributed by atoms with Crippen LogP contribution in [0.3, 0.4) is 0 Å². The van der Waals surface area contributed by atoms with Gasteiger partial charge in [0.05, 0.1) is 7.11 Å². The maximum atomic E-state index is 12.2. The van der Waals surface area contributed by atoms with E-state index in [0.29, 0.717) is 6.54 Å². The van der Waals surface area contributed by atoms with Gasteiger partial charge in [-0.15, -0.1) is 0 Å². The van der Waals surface area contributed by atoms with E-state index in [-0.39, 0.29) is 25.6 Å². The molecule has 3 N–H and O–H groups in total. The Bertz CT molecular complexity index is 1000. The van der Waals surface area contributed by atoms with E-state index in [2.05, 4.69) is 40.2 Å². The van der Waals surface area contributed by atoms with Crippen LogP contribution in [0.2, 0.25) is 0 Å². The molecule has 0 saturated carbocycles. The Hall–Kier alpha value is -3.59. The molecule has 0 fully saturated rings. The average molecular weight is 484 g/mol. The highest BCUT2D eigenvalue weighted by Crippen LogP contribution is 2.44. The molecule has 0 bridgehead atoms. The zero-order valence-electron chi connectivity index (χ0n) is 20.6. The standard InChI is InChI=1S/C26H33N3O6/c1-26(2,3)35-25(32)29-22(23(30)33-4)15-27-13-14-28-24(31)34-16-21-19-11-7-5-9-17(19)18-10-6-8-12-20(18)21/h5-12,21-22,27H,13-16H2,1-4H3,(H,28,31)(H,29,32). The molecule has 2 amide bonds. The van der Waals surface area contributed by atoms with Crippen molar-refractivity contribution in [3.05, 3.63) is 59.7 Å². The number of nitrogens with one attached hydrogen (secondary N) is 3. The molecule has 0 saturated heterocycles. The van der Waals surface area contributed by atoms with Gasteiger partial charge < -0.3 is 30.2 Å². The second-order valence-corrected chi connectivity index (χ2v) is 9.18. The van der Waals surface area contributed by atoms with E-state index in [1.165, 1.54) is 18.2 Å². The summed E-state index contributed by atoms with van der Waals surface area (Å²) in [6.45, 7) is 6.16. The molecule has 35 heavy (non-hydrogen) atoms. The number of methoxy groups -OCH3 is 1. The van der Waals surface area contributed by atoms with E-state index in [1.807, 2.05) is 24.3 Å². The predicted molar refractivity (Wildman–Crippen MR) is 131 cm³/mol. The van der Waals surface area contributed by atoms with Crippen molar-refractivity contribution in [2.24, 2.45) is 0 Å². The molecule has 1 atom stereocenters. The summed E-state index contributed by atoms with van der Waals surface area (Å²) in [5, 5.41) is 8.18. The highest BCUT2D eigenvalue weighted by atomic mass is 16.6. The van der Waals surface area contributed by atoms with E-state index in [4.69, 9.17) is 14.2 Å². The van der Waals surface area contributed by atoms with Gasteiger partial charge in [0.2, 0.25) is 0 Å². The molecule has 1 aliphatic carbocycles. The Morgan fingerprint density at radius 2 is 1.51 bits per heavy atom. The predicted octanol–water partition coefficient (Wildman–Crippen LogP) is 3.18. The molecule has 0 heterocycles.